The van der Waals surface area contributed by atoms with Gasteiger partial charge in [-0.05, 0) is 16.0 Å². The molecule has 0 atom stereocenters. The predicted octanol–water partition coefficient (Wildman–Crippen LogP) is 4.69. The van der Waals surface area contributed by atoms with Crippen LogP contribution in [0.5, 0.6) is 0 Å². The van der Waals surface area contributed by atoms with Gasteiger partial charge in [-0.2, -0.15) is 0 Å². The summed E-state index contributed by atoms with van der Waals surface area (Å²) >= 11 is 0. The van der Waals surface area contributed by atoms with Crippen LogP contribution in [-0.2, 0) is 9.16 Å². The fourth-order valence-electron chi connectivity index (χ4n) is 2.13. The van der Waals surface area contributed by atoms with Crippen LogP contribution in [0, 0.1) is 5.92 Å². The third-order valence-corrected chi connectivity index (χ3v) is 6.13. The zero-order valence-corrected chi connectivity index (χ0v) is 15.5. The second-order valence-electron chi connectivity index (χ2n) is 7.67. The summed E-state index contributed by atoms with van der Waals surface area (Å²) in [4.78, 5) is 23.0. The smallest absolute Gasteiger partial charge is 0.452 e. The molecular weight excluding hydrogens is 288 g/mol. The highest BCUT2D eigenvalue weighted by Gasteiger charge is 2.41. The first-order valence-corrected chi connectivity index (χ1v) is 8.75. The molecule has 0 bridgehead atoms. The van der Waals surface area contributed by atoms with Crippen LogP contribution in [-0.4, -0.2) is 27.8 Å². The molecule has 0 aliphatic rings. The minimum absolute atomic E-state index is 0.110. The van der Waals surface area contributed by atoms with Crippen molar-refractivity contribution in [3.8, 4) is 0 Å². The second kappa shape index (κ2) is 7.68. The Kier molecular flexibility index (Phi) is 7.22. The van der Waals surface area contributed by atoms with Crippen molar-refractivity contribution in [1.29, 1.82) is 0 Å². The average Bonchev–Trinajstić information content (AvgIpc) is 2.27. The van der Waals surface area contributed by atoms with Crippen LogP contribution >= 0.6 is 0 Å². The van der Waals surface area contributed by atoms with Crippen molar-refractivity contribution in [2.75, 3.05) is 6.61 Å². The van der Waals surface area contributed by atoms with E-state index in [9.17, 15) is 9.59 Å². The predicted molar refractivity (Wildman–Crippen MR) is 84.1 cm³/mol. The molecule has 0 heterocycles. The number of rotatable bonds is 3. The molecule has 0 aromatic rings. The average molecular weight is 316 g/mol. The fraction of sp³-hybridized carbons (Fsp3) is 0.857. The Morgan fingerprint density at radius 3 is 1.76 bits per heavy atom. The van der Waals surface area contributed by atoms with Crippen molar-refractivity contribution in [1.82, 2.24) is 0 Å². The molecule has 0 unspecified atom stereocenters. The molecule has 0 aliphatic heterocycles. The summed E-state index contributed by atoms with van der Waals surface area (Å²) in [5.41, 5.74) is 0. The maximum absolute atomic E-state index is 11.7. The Bertz CT molecular complexity index is 381. The third kappa shape index (κ3) is 8.59. The molecule has 0 aromatic heterocycles. The molecule has 0 saturated carbocycles. The zero-order chi connectivity index (χ0) is 16.8. The van der Waals surface area contributed by atoms with Gasteiger partial charge in [0.25, 0.3) is 9.04 Å². The van der Waals surface area contributed by atoms with Gasteiger partial charge in [0.1, 0.15) is 0 Å². The fourth-order valence-corrected chi connectivity index (χ4v) is 5.68. The Morgan fingerprint density at radius 1 is 0.952 bits per heavy atom. The van der Waals surface area contributed by atoms with E-state index in [1.165, 1.54) is 0 Å². The van der Waals surface area contributed by atoms with Crippen molar-refractivity contribution in [3.63, 3.8) is 0 Å². The maximum atomic E-state index is 11.7. The summed E-state index contributed by atoms with van der Waals surface area (Å²) in [6.45, 7) is 16.3. The van der Waals surface area contributed by atoms with Crippen molar-refractivity contribution in [2.45, 2.75) is 65.5 Å². The summed E-state index contributed by atoms with van der Waals surface area (Å²) in [5.74, 6) is 0.203. The van der Waals surface area contributed by atoms with Gasteiger partial charge in [0.05, 0.1) is 6.61 Å². The van der Waals surface area contributed by atoms with Crippen LogP contribution in [0.4, 0.5) is 9.59 Å². The van der Waals surface area contributed by atoms with Crippen LogP contribution in [0.3, 0.4) is 0 Å². The van der Waals surface area contributed by atoms with Crippen LogP contribution in [0.15, 0.2) is 10.2 Å². The molecule has 0 aromatic carbocycles. The second-order valence-corrected chi connectivity index (χ2v) is 12.1. The Labute approximate surface area is 129 Å². The van der Waals surface area contributed by atoms with Crippen LogP contribution < -0.4 is 0 Å². The van der Waals surface area contributed by atoms with Gasteiger partial charge in [-0.25, -0.2) is 9.59 Å². The van der Waals surface area contributed by atoms with Crippen molar-refractivity contribution >= 4 is 21.2 Å². The SMILES string of the molecule is CC(C)COC(=O)N=NC(=O)O[SiH](C(C)(C)C)C(C)(C)C. The zero-order valence-electron chi connectivity index (χ0n) is 14.4. The van der Waals surface area contributed by atoms with E-state index in [4.69, 9.17) is 9.16 Å². The number of azo groups is 1. The highest BCUT2D eigenvalue weighted by molar-refractivity contribution is 6.60. The van der Waals surface area contributed by atoms with Gasteiger partial charge in [-0.15, -0.1) is 0 Å². The molecule has 7 heteroatoms. The van der Waals surface area contributed by atoms with E-state index in [-0.39, 0.29) is 22.6 Å². The Morgan fingerprint density at radius 2 is 1.38 bits per heavy atom. The highest BCUT2D eigenvalue weighted by atomic mass is 28.3. The van der Waals surface area contributed by atoms with Crippen molar-refractivity contribution in [3.05, 3.63) is 0 Å². The Hall–Kier alpha value is -1.24. The normalized spacial score (nSPS) is 13.0. The summed E-state index contributed by atoms with van der Waals surface area (Å²) in [6.07, 6.45) is -1.69. The third-order valence-electron chi connectivity index (χ3n) is 2.55. The molecule has 0 radical (unpaired) electrons. The lowest BCUT2D eigenvalue weighted by atomic mass is 10.2. The van der Waals surface area contributed by atoms with Crippen LogP contribution in [0.1, 0.15) is 55.4 Å². The molecule has 0 spiro atoms. The number of hydrogen-bond acceptors (Lipinski definition) is 4. The molecule has 2 amide bonds. The van der Waals surface area contributed by atoms with Crippen molar-refractivity contribution < 1.29 is 18.8 Å². The minimum Gasteiger partial charge on any atom is -0.503 e. The standard InChI is InChI=1S/C14H28N2O4Si/c1-10(2)9-19-11(17)15-16-12(18)20-21(13(3,4)5)14(6,7)8/h10,21H,9H2,1-8H3. The summed E-state index contributed by atoms with van der Waals surface area (Å²) in [7, 11) is -1.92. The number of carbonyl (C=O) groups is 2. The van der Waals surface area contributed by atoms with E-state index >= 15 is 0 Å². The molecular formula is C14H28N2O4Si. The molecule has 122 valence electrons. The lowest BCUT2D eigenvalue weighted by molar-refractivity contribution is 0.141. The lowest BCUT2D eigenvalue weighted by Crippen LogP contribution is -2.39. The van der Waals surface area contributed by atoms with Crippen LogP contribution in [0.2, 0.25) is 10.1 Å². The topological polar surface area (TPSA) is 77.3 Å². The Balaban J connectivity index is 4.63. The summed E-state index contributed by atoms with van der Waals surface area (Å²) in [5, 5.41) is 6.30. The van der Waals surface area contributed by atoms with Crippen LogP contribution in [0.25, 0.3) is 0 Å². The molecule has 0 fully saturated rings. The lowest BCUT2D eigenvalue weighted by Gasteiger charge is -2.36. The quantitative estimate of drug-likeness (QED) is 0.559. The van der Waals surface area contributed by atoms with E-state index in [1.54, 1.807) is 0 Å². The molecule has 0 saturated heterocycles. The van der Waals surface area contributed by atoms with Gasteiger partial charge in [0.15, 0.2) is 0 Å². The number of ether oxygens (including phenoxy) is 1. The molecule has 21 heavy (non-hydrogen) atoms. The van der Waals surface area contributed by atoms with E-state index in [0.717, 1.165) is 0 Å². The molecule has 0 N–H and O–H groups in total. The van der Waals surface area contributed by atoms with E-state index in [0.29, 0.717) is 0 Å². The van der Waals surface area contributed by atoms with Gasteiger partial charge < -0.3 is 9.16 Å². The monoisotopic (exact) mass is 316 g/mol. The largest absolute Gasteiger partial charge is 0.503 e. The summed E-state index contributed by atoms with van der Waals surface area (Å²) in [6, 6.07) is 0. The van der Waals surface area contributed by atoms with E-state index < -0.39 is 21.2 Å². The minimum atomic E-state index is -1.92. The number of nitrogens with zero attached hydrogens (tertiary/aromatic N) is 2. The van der Waals surface area contributed by atoms with E-state index in [2.05, 4.69) is 10.2 Å². The summed E-state index contributed by atoms with van der Waals surface area (Å²) < 4.78 is 10.3. The van der Waals surface area contributed by atoms with Gasteiger partial charge in [-0.1, -0.05) is 65.6 Å². The number of carbonyl (C=O) groups excluding carboxylic acids is 2. The first kappa shape index (κ1) is 19.8. The number of amides is 2. The van der Waals surface area contributed by atoms with Gasteiger partial charge in [-0.3, -0.25) is 0 Å². The van der Waals surface area contributed by atoms with Crippen molar-refractivity contribution in [2.24, 2.45) is 16.1 Å². The van der Waals surface area contributed by atoms with Gasteiger partial charge >= 0.3 is 12.2 Å². The maximum Gasteiger partial charge on any atom is 0.452 e. The molecule has 6 nitrogen and oxygen atoms in total. The number of hydrogen-bond donors (Lipinski definition) is 0. The van der Waals surface area contributed by atoms with Gasteiger partial charge in [0, 0.05) is 0 Å². The first-order chi connectivity index (χ1) is 9.34. The highest BCUT2D eigenvalue weighted by Crippen LogP contribution is 2.42. The molecule has 0 rings (SSSR count). The molecule has 0 aliphatic carbocycles. The van der Waals surface area contributed by atoms with E-state index in [1.807, 2.05) is 55.4 Å². The first-order valence-electron chi connectivity index (χ1n) is 7.13. The van der Waals surface area contributed by atoms with Gasteiger partial charge in [0.2, 0.25) is 0 Å².